The zero-order valence-corrected chi connectivity index (χ0v) is 21.3. The first-order chi connectivity index (χ1) is 15.6. The summed E-state index contributed by atoms with van der Waals surface area (Å²) in [7, 11) is 0. The number of fused-ring (bicyclic) bond motifs is 5. The van der Waals surface area contributed by atoms with Crippen molar-refractivity contribution in [3.05, 3.63) is 0 Å². The quantitative estimate of drug-likeness (QED) is 0.569. The molecule has 6 fully saturated rings. The summed E-state index contributed by atoms with van der Waals surface area (Å²) in [4.78, 5) is 12.2. The Kier molecular flexibility index (Phi) is 5.24. The molecule has 1 heterocycles. The van der Waals surface area contributed by atoms with Crippen LogP contribution in [0.5, 0.6) is 0 Å². The van der Waals surface area contributed by atoms with Crippen LogP contribution in [0.4, 0.5) is 0 Å². The van der Waals surface area contributed by atoms with Crippen LogP contribution in [0.25, 0.3) is 0 Å². The lowest BCUT2D eigenvalue weighted by Crippen LogP contribution is -2.60. The number of ketones is 1. The Morgan fingerprint density at radius 2 is 1.85 bits per heavy atom. The van der Waals surface area contributed by atoms with Crippen molar-refractivity contribution >= 4 is 5.78 Å². The maximum absolute atomic E-state index is 12.2. The molecule has 6 aliphatic rings. The summed E-state index contributed by atoms with van der Waals surface area (Å²) in [5.41, 5.74) is -0.384. The first-order valence-corrected chi connectivity index (χ1v) is 14.1. The molecule has 0 unspecified atom stereocenters. The van der Waals surface area contributed by atoms with Crippen LogP contribution < -0.4 is 0 Å². The summed E-state index contributed by atoms with van der Waals surface area (Å²) in [6.45, 7) is 10.1. The Morgan fingerprint density at radius 1 is 1.12 bits per heavy atom. The monoisotopic (exact) mass is 458 g/mol. The van der Waals surface area contributed by atoms with E-state index in [0.717, 1.165) is 56.8 Å². The van der Waals surface area contributed by atoms with Crippen LogP contribution in [0.2, 0.25) is 0 Å². The van der Waals surface area contributed by atoms with Crippen LogP contribution in [-0.4, -0.2) is 40.4 Å². The highest BCUT2D eigenvalue weighted by atomic mass is 16.6. The van der Waals surface area contributed by atoms with Gasteiger partial charge in [-0.05, 0) is 98.2 Å². The number of Topliss-reactive ketones (excluding diaryl/α,β-unsaturated/α-hetero) is 1. The minimum absolute atomic E-state index is 0.164. The fourth-order valence-corrected chi connectivity index (χ4v) is 10.4. The second-order valence-corrected chi connectivity index (χ2v) is 14.0. The molecule has 1 saturated heterocycles. The summed E-state index contributed by atoms with van der Waals surface area (Å²) in [5, 5.41) is 23.2. The normalized spacial score (nSPS) is 57.0. The van der Waals surface area contributed by atoms with E-state index < -0.39 is 11.7 Å². The summed E-state index contributed by atoms with van der Waals surface area (Å²) >= 11 is 0. The SMILES string of the molecule is C[C@@H]1C[C@H]1[C@H](C)C[C@@H](O)[C@@]1([C@H]2CC[C@H]3[C@@H]4CC[C@@H]5CC(=O)CC[C@]5(C)[C@H]4C[C@@H](O)[C@]23C)CO1. The van der Waals surface area contributed by atoms with Gasteiger partial charge in [0.25, 0.3) is 0 Å². The molecule has 0 aromatic carbocycles. The summed E-state index contributed by atoms with van der Waals surface area (Å²) < 4.78 is 6.19. The predicted octanol–water partition coefficient (Wildman–Crippen LogP) is 5.00. The molecule has 4 heteroatoms. The zero-order valence-electron chi connectivity index (χ0n) is 21.3. The minimum atomic E-state index is -0.429. The summed E-state index contributed by atoms with van der Waals surface area (Å²) in [5.74, 6) is 5.04. The maximum Gasteiger partial charge on any atom is 0.133 e. The van der Waals surface area contributed by atoms with Crippen molar-refractivity contribution < 1.29 is 19.7 Å². The highest BCUT2D eigenvalue weighted by molar-refractivity contribution is 5.79. The lowest BCUT2D eigenvalue weighted by Gasteiger charge is -2.62. The van der Waals surface area contributed by atoms with E-state index in [-0.39, 0.29) is 22.9 Å². The molecule has 5 aliphatic carbocycles. The van der Waals surface area contributed by atoms with E-state index in [0.29, 0.717) is 42.0 Å². The molecule has 0 amide bonds. The molecular weight excluding hydrogens is 412 g/mol. The fraction of sp³-hybridized carbons (Fsp3) is 0.966. The van der Waals surface area contributed by atoms with Gasteiger partial charge >= 0.3 is 0 Å². The lowest BCUT2D eigenvalue weighted by molar-refractivity contribution is -0.176. The van der Waals surface area contributed by atoms with Crippen LogP contribution in [0, 0.1) is 58.2 Å². The fourth-order valence-electron chi connectivity index (χ4n) is 10.4. The van der Waals surface area contributed by atoms with Gasteiger partial charge in [-0.25, -0.2) is 0 Å². The van der Waals surface area contributed by atoms with Crippen molar-refractivity contribution in [3.63, 3.8) is 0 Å². The van der Waals surface area contributed by atoms with E-state index >= 15 is 0 Å². The number of carbonyl (C=O) groups excluding carboxylic acids is 1. The Hall–Kier alpha value is -0.450. The van der Waals surface area contributed by atoms with Gasteiger partial charge in [-0.3, -0.25) is 4.79 Å². The second kappa shape index (κ2) is 7.53. The van der Waals surface area contributed by atoms with Crippen molar-refractivity contribution in [2.45, 2.75) is 110 Å². The number of aliphatic hydroxyl groups is 2. The van der Waals surface area contributed by atoms with E-state index in [1.807, 2.05) is 0 Å². The molecular formula is C29H46O4. The van der Waals surface area contributed by atoms with Crippen LogP contribution in [-0.2, 0) is 9.53 Å². The van der Waals surface area contributed by atoms with E-state index in [4.69, 9.17) is 4.74 Å². The van der Waals surface area contributed by atoms with E-state index in [1.54, 1.807) is 0 Å². The van der Waals surface area contributed by atoms with Crippen molar-refractivity contribution in [1.29, 1.82) is 0 Å². The Labute approximate surface area is 200 Å². The molecule has 2 N–H and O–H groups in total. The average molecular weight is 459 g/mol. The molecule has 13 atom stereocenters. The number of ether oxygens (including phenoxy) is 1. The standard InChI is InChI=1S/C29H46O4/c1-16-11-21(16)17(2)12-26(32)29(15-33-29)24-8-7-22-20-6-5-18-13-19(30)9-10-27(18,3)23(20)14-25(31)28(22,24)4/h16-18,20-26,31-32H,5-15H2,1-4H3/t16-,17-,18-,20+,21-,22+,23+,24+,25-,26-,27+,28+,29+/m1/s1. The lowest BCUT2D eigenvalue weighted by atomic mass is 9.43. The van der Waals surface area contributed by atoms with Crippen molar-refractivity contribution in [2.75, 3.05) is 6.61 Å². The Balaban J connectivity index is 1.24. The molecule has 4 nitrogen and oxygen atoms in total. The van der Waals surface area contributed by atoms with Gasteiger partial charge in [0.1, 0.15) is 11.4 Å². The van der Waals surface area contributed by atoms with Gasteiger partial charge in [-0.2, -0.15) is 0 Å². The van der Waals surface area contributed by atoms with Crippen LogP contribution in [0.1, 0.15) is 91.9 Å². The molecule has 1 aliphatic heterocycles. The topological polar surface area (TPSA) is 70.1 Å². The van der Waals surface area contributed by atoms with Crippen molar-refractivity contribution in [1.82, 2.24) is 0 Å². The number of carbonyl (C=O) groups is 1. The number of hydrogen-bond acceptors (Lipinski definition) is 4. The van der Waals surface area contributed by atoms with Gasteiger partial charge in [-0.15, -0.1) is 0 Å². The molecule has 186 valence electrons. The van der Waals surface area contributed by atoms with Crippen LogP contribution in [0.3, 0.4) is 0 Å². The van der Waals surface area contributed by atoms with Crippen LogP contribution in [0.15, 0.2) is 0 Å². The average Bonchev–Trinajstić information content (AvgIpc) is 3.68. The largest absolute Gasteiger partial charge is 0.393 e. The van der Waals surface area contributed by atoms with Crippen LogP contribution >= 0.6 is 0 Å². The molecule has 0 radical (unpaired) electrons. The molecule has 0 aromatic heterocycles. The van der Waals surface area contributed by atoms with E-state index in [2.05, 4.69) is 27.7 Å². The number of epoxide rings is 1. The van der Waals surface area contributed by atoms with Gasteiger partial charge in [0.15, 0.2) is 0 Å². The maximum atomic E-state index is 12.2. The third-order valence-electron chi connectivity index (χ3n) is 12.7. The van der Waals surface area contributed by atoms with Gasteiger partial charge < -0.3 is 14.9 Å². The number of rotatable bonds is 5. The third-order valence-corrected chi connectivity index (χ3v) is 12.7. The number of aliphatic hydroxyl groups excluding tert-OH is 2. The van der Waals surface area contributed by atoms with Crippen molar-refractivity contribution in [3.8, 4) is 0 Å². The minimum Gasteiger partial charge on any atom is -0.393 e. The highest BCUT2D eigenvalue weighted by Gasteiger charge is 2.71. The van der Waals surface area contributed by atoms with Gasteiger partial charge in [0.05, 0.1) is 18.8 Å². The molecule has 0 aromatic rings. The first-order valence-electron chi connectivity index (χ1n) is 14.1. The van der Waals surface area contributed by atoms with Gasteiger partial charge in [0, 0.05) is 24.2 Å². The summed E-state index contributed by atoms with van der Waals surface area (Å²) in [6.07, 6.45) is 9.40. The summed E-state index contributed by atoms with van der Waals surface area (Å²) in [6, 6.07) is 0. The molecule has 6 rings (SSSR count). The van der Waals surface area contributed by atoms with E-state index in [1.165, 1.54) is 19.3 Å². The number of hydrogen-bond donors (Lipinski definition) is 2. The smallest absolute Gasteiger partial charge is 0.133 e. The Bertz CT molecular complexity index is 805. The zero-order chi connectivity index (χ0) is 23.3. The highest BCUT2D eigenvalue weighted by Crippen LogP contribution is 2.70. The Morgan fingerprint density at radius 3 is 2.52 bits per heavy atom. The third kappa shape index (κ3) is 3.22. The molecule has 33 heavy (non-hydrogen) atoms. The predicted molar refractivity (Wildman–Crippen MR) is 127 cm³/mol. The van der Waals surface area contributed by atoms with Gasteiger partial charge in [-0.1, -0.05) is 27.7 Å². The van der Waals surface area contributed by atoms with Crippen molar-refractivity contribution in [2.24, 2.45) is 58.2 Å². The van der Waals surface area contributed by atoms with Gasteiger partial charge in [0.2, 0.25) is 0 Å². The first kappa shape index (κ1) is 23.0. The molecule has 0 spiro atoms. The molecule has 5 saturated carbocycles. The molecule has 0 bridgehead atoms. The van der Waals surface area contributed by atoms with E-state index in [9.17, 15) is 15.0 Å². The second-order valence-electron chi connectivity index (χ2n) is 14.0.